The Kier molecular flexibility index (Phi) is 8.70. The molecule has 0 unspecified atom stereocenters. The molecule has 0 atom stereocenters. The van der Waals surface area contributed by atoms with Crippen LogP contribution in [0.3, 0.4) is 0 Å². The number of ether oxygens (including phenoxy) is 1. The molecule has 0 aromatic heterocycles. The van der Waals surface area contributed by atoms with E-state index in [0.717, 1.165) is 44.2 Å². The highest BCUT2D eigenvalue weighted by atomic mass is 19.1. The average molecular weight is 408 g/mol. The fourth-order valence-electron chi connectivity index (χ4n) is 3.03. The van der Waals surface area contributed by atoms with Gasteiger partial charge in [-0.05, 0) is 23.6 Å². The second-order valence-electron chi connectivity index (χ2n) is 7.93. The SMILES string of the molecule is COc1ccc(CN2CCN(C(=NCC(=O)N(C)C)NCC(C)C)CC2)cc1F. The zero-order valence-corrected chi connectivity index (χ0v) is 18.2. The number of benzene rings is 1. The van der Waals surface area contributed by atoms with Crippen molar-refractivity contribution in [2.24, 2.45) is 10.9 Å². The van der Waals surface area contributed by atoms with Crippen LogP contribution in [0.1, 0.15) is 19.4 Å². The Morgan fingerprint density at radius 3 is 2.52 bits per heavy atom. The lowest BCUT2D eigenvalue weighted by Gasteiger charge is -2.37. The highest BCUT2D eigenvalue weighted by Gasteiger charge is 2.21. The molecule has 1 aliphatic heterocycles. The zero-order chi connectivity index (χ0) is 21.4. The third-order valence-electron chi connectivity index (χ3n) is 4.83. The molecule has 29 heavy (non-hydrogen) atoms. The minimum Gasteiger partial charge on any atom is -0.494 e. The molecule has 0 saturated carbocycles. The van der Waals surface area contributed by atoms with E-state index in [0.29, 0.717) is 12.5 Å². The Morgan fingerprint density at radius 2 is 1.97 bits per heavy atom. The number of hydrogen-bond donors (Lipinski definition) is 1. The van der Waals surface area contributed by atoms with Gasteiger partial charge in [0, 0.05) is 53.4 Å². The topological polar surface area (TPSA) is 60.4 Å². The Morgan fingerprint density at radius 1 is 1.28 bits per heavy atom. The van der Waals surface area contributed by atoms with E-state index in [-0.39, 0.29) is 24.0 Å². The first-order chi connectivity index (χ1) is 13.8. The Balaban J connectivity index is 1.94. The summed E-state index contributed by atoms with van der Waals surface area (Å²) in [6, 6.07) is 5.11. The highest BCUT2D eigenvalue weighted by molar-refractivity contribution is 5.84. The maximum Gasteiger partial charge on any atom is 0.243 e. The van der Waals surface area contributed by atoms with Crippen molar-refractivity contribution < 1.29 is 13.9 Å². The predicted molar refractivity (Wildman–Crippen MR) is 114 cm³/mol. The van der Waals surface area contributed by atoms with E-state index in [1.54, 1.807) is 25.1 Å². The van der Waals surface area contributed by atoms with Gasteiger partial charge in [-0.3, -0.25) is 9.69 Å². The molecule has 1 aliphatic rings. The van der Waals surface area contributed by atoms with Crippen molar-refractivity contribution in [3.63, 3.8) is 0 Å². The van der Waals surface area contributed by atoms with Crippen LogP contribution in [0.5, 0.6) is 5.75 Å². The maximum atomic E-state index is 13.9. The van der Waals surface area contributed by atoms with Crippen LogP contribution in [0, 0.1) is 11.7 Å². The summed E-state index contributed by atoms with van der Waals surface area (Å²) in [4.78, 5) is 22.5. The van der Waals surface area contributed by atoms with Crippen molar-refractivity contribution in [2.75, 3.05) is 60.5 Å². The Labute approximate surface area is 173 Å². The third kappa shape index (κ3) is 7.20. The summed E-state index contributed by atoms with van der Waals surface area (Å²) in [5.74, 6) is 1.18. The number of guanidine groups is 1. The van der Waals surface area contributed by atoms with Crippen LogP contribution in [0.15, 0.2) is 23.2 Å². The molecule has 1 saturated heterocycles. The molecule has 1 aromatic carbocycles. The van der Waals surface area contributed by atoms with E-state index in [1.165, 1.54) is 13.2 Å². The molecular formula is C21H34FN5O2. The van der Waals surface area contributed by atoms with Gasteiger partial charge in [0.15, 0.2) is 17.5 Å². The summed E-state index contributed by atoms with van der Waals surface area (Å²) in [6.07, 6.45) is 0. The first-order valence-electron chi connectivity index (χ1n) is 10.1. The molecule has 1 fully saturated rings. The van der Waals surface area contributed by atoms with Crippen molar-refractivity contribution >= 4 is 11.9 Å². The standard InChI is InChI=1S/C21H34FN5O2/c1-16(2)13-23-21(24-14-20(28)25(3)4)27-10-8-26(9-11-27)15-17-6-7-19(29-5)18(22)12-17/h6-7,12,16H,8-11,13-15H2,1-5H3,(H,23,24). The number of carbonyl (C=O) groups is 1. The van der Waals surface area contributed by atoms with Crippen LogP contribution in [0.25, 0.3) is 0 Å². The van der Waals surface area contributed by atoms with Gasteiger partial charge in [0.2, 0.25) is 5.91 Å². The van der Waals surface area contributed by atoms with E-state index in [4.69, 9.17) is 4.74 Å². The molecule has 0 radical (unpaired) electrons. The summed E-state index contributed by atoms with van der Waals surface area (Å²) in [5, 5.41) is 3.39. The number of aliphatic imine (C=N–C) groups is 1. The molecule has 1 N–H and O–H groups in total. The van der Waals surface area contributed by atoms with Crippen LogP contribution in [-0.2, 0) is 11.3 Å². The Hall–Kier alpha value is -2.35. The molecule has 1 heterocycles. The van der Waals surface area contributed by atoms with Crippen molar-refractivity contribution in [3.05, 3.63) is 29.6 Å². The number of likely N-dealkylation sites (N-methyl/N-ethyl adjacent to an activating group) is 1. The lowest BCUT2D eigenvalue weighted by atomic mass is 10.2. The summed E-state index contributed by atoms with van der Waals surface area (Å²) in [7, 11) is 4.94. The number of nitrogens with zero attached hydrogens (tertiary/aromatic N) is 4. The van der Waals surface area contributed by atoms with Crippen LogP contribution in [-0.4, -0.2) is 87.0 Å². The maximum absolute atomic E-state index is 13.9. The second kappa shape index (κ2) is 11.0. The number of nitrogens with one attached hydrogen (secondary N) is 1. The highest BCUT2D eigenvalue weighted by Crippen LogP contribution is 2.19. The van der Waals surface area contributed by atoms with Gasteiger partial charge >= 0.3 is 0 Å². The lowest BCUT2D eigenvalue weighted by Crippen LogP contribution is -2.52. The van der Waals surface area contributed by atoms with Gasteiger partial charge in [0.05, 0.1) is 7.11 Å². The van der Waals surface area contributed by atoms with Crippen LogP contribution in [0.4, 0.5) is 4.39 Å². The van der Waals surface area contributed by atoms with Crippen molar-refractivity contribution in [1.29, 1.82) is 0 Å². The molecule has 2 rings (SSSR count). The van der Waals surface area contributed by atoms with Crippen molar-refractivity contribution in [3.8, 4) is 5.75 Å². The normalized spacial score (nSPS) is 15.6. The first-order valence-corrected chi connectivity index (χ1v) is 10.1. The fraction of sp³-hybridized carbons (Fsp3) is 0.619. The van der Waals surface area contributed by atoms with E-state index in [2.05, 4.69) is 34.0 Å². The average Bonchev–Trinajstić information content (AvgIpc) is 2.68. The van der Waals surface area contributed by atoms with Gasteiger partial charge in [-0.25, -0.2) is 9.38 Å². The summed E-state index contributed by atoms with van der Waals surface area (Å²) in [5.41, 5.74) is 0.931. The molecule has 1 amide bonds. The molecule has 0 spiro atoms. The fourth-order valence-corrected chi connectivity index (χ4v) is 3.03. The smallest absolute Gasteiger partial charge is 0.243 e. The van der Waals surface area contributed by atoms with Gasteiger partial charge in [-0.1, -0.05) is 19.9 Å². The summed E-state index contributed by atoms with van der Waals surface area (Å²) < 4.78 is 18.9. The first kappa shape index (κ1) is 22.9. The second-order valence-corrected chi connectivity index (χ2v) is 7.93. The quantitative estimate of drug-likeness (QED) is 0.550. The molecular weight excluding hydrogens is 373 g/mol. The van der Waals surface area contributed by atoms with Gasteiger partial charge < -0.3 is 19.9 Å². The van der Waals surface area contributed by atoms with Crippen molar-refractivity contribution in [1.82, 2.24) is 20.0 Å². The molecule has 0 aliphatic carbocycles. The minimum atomic E-state index is -0.332. The number of amides is 1. The molecule has 0 bridgehead atoms. The number of halogens is 1. The Bertz CT molecular complexity index is 700. The minimum absolute atomic E-state index is 0.0194. The van der Waals surface area contributed by atoms with E-state index < -0.39 is 0 Å². The van der Waals surface area contributed by atoms with Crippen LogP contribution < -0.4 is 10.1 Å². The van der Waals surface area contributed by atoms with Gasteiger partial charge in [-0.2, -0.15) is 0 Å². The van der Waals surface area contributed by atoms with Gasteiger partial charge in [0.25, 0.3) is 0 Å². The molecule has 1 aromatic rings. The molecule has 8 heteroatoms. The molecule has 162 valence electrons. The number of piperazine rings is 1. The lowest BCUT2D eigenvalue weighted by molar-refractivity contribution is -0.127. The van der Waals surface area contributed by atoms with E-state index in [1.807, 2.05) is 6.07 Å². The van der Waals surface area contributed by atoms with E-state index in [9.17, 15) is 9.18 Å². The number of rotatable bonds is 7. The largest absolute Gasteiger partial charge is 0.494 e. The number of hydrogen-bond acceptors (Lipinski definition) is 4. The summed E-state index contributed by atoms with van der Waals surface area (Å²) in [6.45, 7) is 9.22. The van der Waals surface area contributed by atoms with E-state index >= 15 is 0 Å². The van der Waals surface area contributed by atoms with Crippen LogP contribution >= 0.6 is 0 Å². The van der Waals surface area contributed by atoms with Crippen molar-refractivity contribution in [2.45, 2.75) is 20.4 Å². The van der Waals surface area contributed by atoms with Crippen LogP contribution in [0.2, 0.25) is 0 Å². The number of methoxy groups -OCH3 is 1. The third-order valence-corrected chi connectivity index (χ3v) is 4.83. The van der Waals surface area contributed by atoms with Gasteiger partial charge in [-0.15, -0.1) is 0 Å². The predicted octanol–water partition coefficient (Wildman–Crippen LogP) is 1.64. The number of carbonyl (C=O) groups excluding carboxylic acids is 1. The molecule has 7 nitrogen and oxygen atoms in total. The monoisotopic (exact) mass is 407 g/mol. The van der Waals surface area contributed by atoms with Gasteiger partial charge in [0.1, 0.15) is 6.54 Å². The zero-order valence-electron chi connectivity index (χ0n) is 18.2. The summed E-state index contributed by atoms with van der Waals surface area (Å²) >= 11 is 0.